The number of azo groups is 1. The van der Waals surface area contributed by atoms with Crippen LogP contribution in [0, 0.1) is 10.8 Å². The number of hydrogen-bond acceptors (Lipinski definition) is 35. The first kappa shape index (κ1) is 56.8. The van der Waals surface area contributed by atoms with E-state index in [4.69, 9.17) is 39.1 Å². The number of nitrogens with two attached hydrogens (primary N) is 6. The van der Waals surface area contributed by atoms with Crippen molar-refractivity contribution in [1.82, 2.24) is 152 Å². The topological polar surface area (TPSA) is 703 Å². The molecule has 0 aliphatic heterocycles. The van der Waals surface area contributed by atoms with Crippen molar-refractivity contribution < 1.29 is 35.3 Å². The standard InChI is InChI=1S/C12H17N15.C7H4N15.C7H9N13.CH6N4.2ClH/c1-3-6(13)5-15-9-16-7(19-23-9)4-8-20-25-12(26-21-8)18-10-17-11(22-14-2)27-24-10;8-13-5-10-2(15-19-5)1-3-16-21-7(22-17-3)12-4-11-6(14-9)20-18-4;8-4-10-2(13-16-4)1-3-14-19-7(20-15-3)12-6-11-5(9)17-18-6;2-1(3)5-4;;/h13H,3-5H2,1-2H3,(H2,15,16,19,23)(H2,17,18,24,25,26,27);8H,1H2,(H,10,15,19);1H2,(H3,8,10,13,16)(H4,9,11,12,17,18,19,20);4H2,(H4,2,3,5);2*1H/q;+1;;;;/p+1. The van der Waals surface area contributed by atoms with E-state index < -0.39 is 0 Å². The van der Waals surface area contributed by atoms with Gasteiger partial charge in [0.2, 0.25) is 23.7 Å². The zero-order chi connectivity index (χ0) is 52.7. The van der Waals surface area contributed by atoms with Crippen LogP contribution in [0.3, 0.4) is 0 Å². The van der Waals surface area contributed by atoms with Crippen LogP contribution in [-0.4, -0.2) is 178 Å². The third kappa shape index (κ3) is 18.5. The van der Waals surface area contributed by atoms with Gasteiger partial charge in [0.1, 0.15) is 11.6 Å². The van der Waals surface area contributed by atoms with Crippen LogP contribution in [0.1, 0.15) is 48.3 Å². The fraction of sp³-hybridized carbons (Fsp3) is 0.259. The lowest BCUT2D eigenvalue weighted by Gasteiger charge is -1.98. The molecule has 0 aliphatic rings. The van der Waals surface area contributed by atoms with Crippen molar-refractivity contribution >= 4 is 83.1 Å². The van der Waals surface area contributed by atoms with Crippen molar-refractivity contribution in [1.29, 1.82) is 10.8 Å². The molecule has 49 heteroatoms. The number of aromatic nitrogens is 30. The predicted octanol–water partition coefficient (Wildman–Crippen LogP) is -13.4. The van der Waals surface area contributed by atoms with Gasteiger partial charge in [0.05, 0.1) is 36.6 Å². The van der Waals surface area contributed by atoms with E-state index in [1.54, 1.807) is 0 Å². The Labute approximate surface area is 431 Å². The van der Waals surface area contributed by atoms with Crippen molar-refractivity contribution in [2.24, 2.45) is 27.5 Å². The Morgan fingerprint density at radius 1 is 0.579 bits per heavy atom. The molecular formula is C27H39Cl2N47+2. The Balaban J connectivity index is 0.000000235. The van der Waals surface area contributed by atoms with Gasteiger partial charge in [-0.05, 0) is 19.9 Å². The molecule has 0 saturated heterocycles. The number of hydrazine groups is 1. The summed E-state index contributed by atoms with van der Waals surface area (Å²) in [5.74, 6) is 8.91. The third-order valence-electron chi connectivity index (χ3n) is 7.73. The number of nitrogens with one attached hydrogen (secondary N) is 11. The Kier molecular flexibility index (Phi) is 21.5. The highest BCUT2D eigenvalue weighted by molar-refractivity contribution is 5.82. The van der Waals surface area contributed by atoms with Crippen LogP contribution in [0.25, 0.3) is 9.95 Å². The first-order chi connectivity index (χ1) is 35.9. The first-order valence-electron chi connectivity index (χ1n) is 20.1. The fourth-order valence-corrected chi connectivity index (χ4v) is 4.57. The van der Waals surface area contributed by atoms with Gasteiger partial charge in [0.25, 0.3) is 35.7 Å². The summed E-state index contributed by atoms with van der Waals surface area (Å²) in [5, 5.41) is 128. The molecule has 9 heterocycles. The number of H-pyrrole nitrogens is 6. The van der Waals surface area contributed by atoms with Gasteiger partial charge in [-0.15, -0.1) is 86.7 Å². The second kappa shape index (κ2) is 28.8. The monoisotopic (exact) mass is 1090 g/mol. The highest BCUT2D eigenvalue weighted by atomic mass is 35.5. The molecule has 23 N–H and O–H groups in total. The number of rotatable bonds is 17. The first-order valence-corrected chi connectivity index (χ1v) is 20.1. The van der Waals surface area contributed by atoms with Crippen LogP contribution in [0.4, 0.5) is 71.4 Å². The van der Waals surface area contributed by atoms with Crippen LogP contribution in [-0.2, 0) is 19.3 Å². The number of hydrazone groups is 1. The van der Waals surface area contributed by atoms with Crippen molar-refractivity contribution in [2.45, 2.75) is 32.6 Å². The van der Waals surface area contributed by atoms with E-state index in [2.05, 4.69) is 200 Å². The Morgan fingerprint density at radius 2 is 1.05 bits per heavy atom. The van der Waals surface area contributed by atoms with Crippen molar-refractivity contribution in [3.63, 3.8) is 0 Å². The van der Waals surface area contributed by atoms with E-state index in [9.17, 15) is 0 Å². The minimum absolute atomic E-state index is 0. The lowest BCUT2D eigenvalue weighted by atomic mass is 10.3. The molecule has 9 aromatic heterocycles. The summed E-state index contributed by atoms with van der Waals surface area (Å²) in [4.78, 5) is 29.2. The van der Waals surface area contributed by atoms with Crippen molar-refractivity contribution in [3.05, 3.63) is 44.9 Å². The largest absolute Gasteiger partial charge is 1.00 e. The number of aromatic amines is 6. The Morgan fingerprint density at radius 3 is 1.53 bits per heavy atom. The molecule has 76 heavy (non-hydrogen) atoms. The van der Waals surface area contributed by atoms with Crippen molar-refractivity contribution in [2.75, 3.05) is 46.3 Å². The van der Waals surface area contributed by atoms with Gasteiger partial charge in [-0.2, -0.15) is 40.3 Å². The average molecular weight is 1090 g/mol. The van der Waals surface area contributed by atoms with Crippen molar-refractivity contribution in [3.8, 4) is 0 Å². The normalized spacial score (nSPS) is 10.0. The molecular weight excluding hydrogens is 1050 g/mol. The van der Waals surface area contributed by atoms with Crippen LogP contribution >= 0.6 is 0 Å². The zero-order valence-corrected chi connectivity index (χ0v) is 40.2. The van der Waals surface area contributed by atoms with E-state index in [-0.39, 0.29) is 115 Å². The second-order valence-corrected chi connectivity index (χ2v) is 13.1. The molecule has 9 rings (SSSR count). The SMILES string of the molecule is CCC(=[NH2+])CNc1n[nH]c(Cc2nnc(Nc3n[nH]c(N=NC)n3)nn2)n1.N#[N+]c1n[nH]c(Cc2nnc(Nc3nc([N+]#N)n[nH]3)nn2)n1.N[NH+]=C(N)N.Nc1n[nH]c(Cc2nnc(Nc3n[nH]c(N)n3)nn2)n1.[Cl-].[Cl-]. The molecule has 0 aliphatic carbocycles. The van der Waals surface area contributed by atoms with Crippen LogP contribution < -0.4 is 85.4 Å². The highest BCUT2D eigenvalue weighted by Crippen LogP contribution is 2.12. The maximum absolute atomic E-state index is 8.49. The van der Waals surface area contributed by atoms with Gasteiger partial charge in [-0.3, -0.25) is 48.9 Å². The summed E-state index contributed by atoms with van der Waals surface area (Å²) >= 11 is 0. The van der Waals surface area contributed by atoms with E-state index in [1.807, 2.05) is 12.0 Å². The average Bonchev–Trinajstić information content (AvgIpc) is 4.30. The van der Waals surface area contributed by atoms with Gasteiger partial charge in [-0.1, -0.05) is 6.92 Å². The number of nitrogens with zero attached hydrogens (tertiary/aromatic N) is 30. The van der Waals surface area contributed by atoms with Gasteiger partial charge in [-0.25, -0.2) is 10.2 Å². The Hall–Kier alpha value is -11.8. The molecule has 394 valence electrons. The number of halogens is 2. The van der Waals surface area contributed by atoms with Crippen LogP contribution in [0.5, 0.6) is 0 Å². The third-order valence-corrected chi connectivity index (χ3v) is 7.73. The minimum atomic E-state index is -0.143. The number of guanidine groups is 1. The molecule has 0 spiro atoms. The van der Waals surface area contributed by atoms with Crippen LogP contribution in [0.15, 0.2) is 10.2 Å². The number of hydrogen-bond donors (Lipinski definition) is 17. The van der Waals surface area contributed by atoms with Gasteiger partial charge >= 0.3 is 23.8 Å². The Bertz CT molecular complexity index is 3150. The molecule has 0 radical (unpaired) electrons. The molecule has 0 atom stereocenters. The molecule has 0 amide bonds. The summed E-state index contributed by atoms with van der Waals surface area (Å²) in [6.07, 6.45) is 1.55. The lowest BCUT2D eigenvalue weighted by molar-refractivity contribution is -0.471. The maximum Gasteiger partial charge on any atom is 0.585 e. The molecule has 0 unspecified atom stereocenters. The van der Waals surface area contributed by atoms with Gasteiger partial charge in [0, 0.05) is 23.7 Å². The van der Waals surface area contributed by atoms with Gasteiger partial charge in [0.15, 0.2) is 23.2 Å². The highest BCUT2D eigenvalue weighted by Gasteiger charge is 2.19. The van der Waals surface area contributed by atoms with E-state index >= 15 is 0 Å². The number of diazo groups is 2. The molecule has 0 fully saturated rings. The summed E-state index contributed by atoms with van der Waals surface area (Å²) in [5.41, 5.74) is 21.1. The number of nitrogen functional groups attached to an aromatic ring is 2. The summed E-state index contributed by atoms with van der Waals surface area (Å²) in [7, 11) is 1.53. The quantitative estimate of drug-likeness (QED) is 0.0101. The molecule has 47 nitrogen and oxygen atoms in total. The van der Waals surface area contributed by atoms with E-state index in [1.165, 1.54) is 7.05 Å². The summed E-state index contributed by atoms with van der Waals surface area (Å²) in [6, 6.07) is 0. The maximum atomic E-state index is 8.49. The molecule has 0 saturated carbocycles. The molecule has 9 aromatic rings. The van der Waals surface area contributed by atoms with Crippen LogP contribution in [0.2, 0.25) is 0 Å². The summed E-state index contributed by atoms with van der Waals surface area (Å²) < 4.78 is 0. The predicted molar refractivity (Wildman–Crippen MR) is 242 cm³/mol. The minimum Gasteiger partial charge on any atom is -1.00 e. The second-order valence-electron chi connectivity index (χ2n) is 13.1. The lowest BCUT2D eigenvalue weighted by Crippen LogP contribution is -3.00. The smallest absolute Gasteiger partial charge is 0.585 e. The molecule has 0 bridgehead atoms. The zero-order valence-electron chi connectivity index (χ0n) is 38.7. The molecule has 0 aromatic carbocycles. The summed E-state index contributed by atoms with van der Waals surface area (Å²) in [6.45, 7) is 2.49. The number of anilines is 9. The fourth-order valence-electron chi connectivity index (χ4n) is 4.57. The van der Waals surface area contributed by atoms with E-state index in [0.717, 1.165) is 12.1 Å². The van der Waals surface area contributed by atoms with E-state index in [0.29, 0.717) is 48.0 Å². The van der Waals surface area contributed by atoms with Gasteiger partial charge < -0.3 is 41.6 Å².